The number of piperidine rings is 1. The number of ether oxygens (including phenoxy) is 1. The van der Waals surface area contributed by atoms with Gasteiger partial charge in [0.25, 0.3) is 5.91 Å². The minimum absolute atomic E-state index is 0.0841. The number of amides is 2. The van der Waals surface area contributed by atoms with Crippen molar-refractivity contribution in [3.8, 4) is 5.75 Å². The van der Waals surface area contributed by atoms with Gasteiger partial charge in [-0.1, -0.05) is 12.1 Å². The maximum Gasteiger partial charge on any atom is 0.265 e. The fraction of sp³-hybridized carbons (Fsp3) is 0.364. The normalized spacial score (nSPS) is 18.4. The summed E-state index contributed by atoms with van der Waals surface area (Å²) >= 11 is 0. The van der Waals surface area contributed by atoms with Gasteiger partial charge in [0.15, 0.2) is 6.10 Å². The number of hydrogen-bond acceptors (Lipinski definition) is 4. The topological polar surface area (TPSA) is 61.9 Å². The molecule has 2 aliphatic rings. The molecule has 1 atom stereocenters. The van der Waals surface area contributed by atoms with Crippen LogP contribution in [0.1, 0.15) is 19.3 Å². The fourth-order valence-corrected chi connectivity index (χ4v) is 3.86. The molecule has 1 N–H and O–H groups in total. The summed E-state index contributed by atoms with van der Waals surface area (Å²) < 4.78 is 32.9. The van der Waals surface area contributed by atoms with Gasteiger partial charge in [0, 0.05) is 19.2 Å². The van der Waals surface area contributed by atoms with E-state index < -0.39 is 23.6 Å². The second-order valence-electron chi connectivity index (χ2n) is 7.51. The number of fused-ring (bicyclic) bond motifs is 1. The first-order chi connectivity index (χ1) is 14.5. The Morgan fingerprint density at radius 1 is 1.07 bits per heavy atom. The van der Waals surface area contributed by atoms with Crippen LogP contribution in [0.15, 0.2) is 42.5 Å². The maximum atomic E-state index is 13.9. The molecule has 6 nitrogen and oxygen atoms in total. The third-order valence-corrected chi connectivity index (χ3v) is 5.34. The summed E-state index contributed by atoms with van der Waals surface area (Å²) in [7, 11) is 0. The molecule has 30 heavy (non-hydrogen) atoms. The van der Waals surface area contributed by atoms with Crippen molar-refractivity contribution in [2.45, 2.75) is 25.4 Å². The summed E-state index contributed by atoms with van der Waals surface area (Å²) in [4.78, 5) is 29.1. The number of nitrogens with one attached hydrogen (secondary N) is 1. The number of benzene rings is 2. The highest BCUT2D eigenvalue weighted by Crippen LogP contribution is 2.33. The third-order valence-electron chi connectivity index (χ3n) is 5.34. The minimum Gasteiger partial charge on any atom is -0.477 e. The number of likely N-dealkylation sites (tertiary alicyclic amines) is 1. The Bertz CT molecular complexity index is 947. The van der Waals surface area contributed by atoms with E-state index in [0.717, 1.165) is 25.3 Å². The zero-order valence-corrected chi connectivity index (χ0v) is 16.4. The van der Waals surface area contributed by atoms with Gasteiger partial charge in [-0.05, 0) is 43.5 Å². The first-order valence-electron chi connectivity index (χ1n) is 10.1. The van der Waals surface area contributed by atoms with E-state index >= 15 is 0 Å². The van der Waals surface area contributed by atoms with Crippen molar-refractivity contribution in [1.82, 2.24) is 4.90 Å². The molecule has 0 bridgehead atoms. The van der Waals surface area contributed by atoms with E-state index in [-0.39, 0.29) is 24.7 Å². The Morgan fingerprint density at radius 3 is 2.60 bits per heavy atom. The van der Waals surface area contributed by atoms with E-state index in [0.29, 0.717) is 30.6 Å². The van der Waals surface area contributed by atoms with Gasteiger partial charge in [-0.25, -0.2) is 8.78 Å². The van der Waals surface area contributed by atoms with Crippen molar-refractivity contribution in [2.24, 2.45) is 0 Å². The molecule has 0 radical (unpaired) electrons. The molecule has 2 amide bonds. The van der Waals surface area contributed by atoms with Gasteiger partial charge >= 0.3 is 0 Å². The molecule has 2 aromatic rings. The number of nitrogens with zero attached hydrogens (tertiary/aromatic N) is 2. The van der Waals surface area contributed by atoms with E-state index in [4.69, 9.17) is 4.74 Å². The largest absolute Gasteiger partial charge is 0.477 e. The van der Waals surface area contributed by atoms with Crippen molar-refractivity contribution in [2.75, 3.05) is 36.4 Å². The predicted octanol–water partition coefficient (Wildman–Crippen LogP) is 3.18. The lowest BCUT2D eigenvalue weighted by molar-refractivity contribution is -0.139. The SMILES string of the molecule is O=C(CN1C[C@H](C(=O)N2CCCCC2)Oc2ccccc21)Nc1ccc(F)cc1F. The Balaban J connectivity index is 1.49. The maximum absolute atomic E-state index is 13.9. The number of hydrogen-bond donors (Lipinski definition) is 1. The summed E-state index contributed by atoms with van der Waals surface area (Å²) in [5.74, 6) is -1.59. The number of halogens is 2. The molecule has 0 spiro atoms. The van der Waals surface area contributed by atoms with Gasteiger partial charge in [-0.2, -0.15) is 0 Å². The lowest BCUT2D eigenvalue weighted by atomic mass is 10.1. The Hall–Kier alpha value is -3.16. The van der Waals surface area contributed by atoms with Crippen LogP contribution in [0.2, 0.25) is 0 Å². The predicted molar refractivity (Wildman–Crippen MR) is 108 cm³/mol. The van der Waals surface area contributed by atoms with Gasteiger partial charge in [0.2, 0.25) is 5.91 Å². The van der Waals surface area contributed by atoms with Gasteiger partial charge in [0.1, 0.15) is 17.4 Å². The van der Waals surface area contributed by atoms with Crippen LogP contribution in [-0.2, 0) is 9.59 Å². The third kappa shape index (κ3) is 4.37. The van der Waals surface area contributed by atoms with Crippen LogP contribution in [0.3, 0.4) is 0 Å². The highest BCUT2D eigenvalue weighted by Gasteiger charge is 2.34. The lowest BCUT2D eigenvalue weighted by Gasteiger charge is -2.38. The fourth-order valence-electron chi connectivity index (χ4n) is 3.86. The van der Waals surface area contributed by atoms with Crippen LogP contribution >= 0.6 is 0 Å². The molecule has 158 valence electrons. The molecule has 0 aliphatic carbocycles. The lowest BCUT2D eigenvalue weighted by Crippen LogP contribution is -2.52. The van der Waals surface area contributed by atoms with Crippen LogP contribution in [0, 0.1) is 11.6 Å². The standard InChI is InChI=1S/C22H23F2N3O3/c23-15-8-9-17(16(24)12-15)25-21(28)14-27-13-20(22(29)26-10-4-1-5-11-26)30-19-7-3-2-6-18(19)27/h2-3,6-9,12,20H,1,4-5,10-11,13-14H2,(H,25,28)/t20-/m1/s1. The van der Waals surface area contributed by atoms with Gasteiger partial charge < -0.3 is 19.9 Å². The number of carbonyl (C=O) groups is 2. The van der Waals surface area contributed by atoms with E-state index in [2.05, 4.69) is 5.32 Å². The van der Waals surface area contributed by atoms with E-state index in [1.165, 1.54) is 6.07 Å². The molecule has 2 aliphatic heterocycles. The van der Waals surface area contributed by atoms with Crippen molar-refractivity contribution >= 4 is 23.2 Å². The monoisotopic (exact) mass is 415 g/mol. The molecular formula is C22H23F2N3O3. The number of anilines is 2. The van der Waals surface area contributed by atoms with Crippen LogP contribution in [0.4, 0.5) is 20.2 Å². The Morgan fingerprint density at radius 2 is 1.83 bits per heavy atom. The molecule has 1 saturated heterocycles. The summed E-state index contributed by atoms with van der Waals surface area (Å²) in [5.41, 5.74) is 0.596. The summed E-state index contributed by atoms with van der Waals surface area (Å²) in [6.07, 6.45) is 2.35. The van der Waals surface area contributed by atoms with Crippen molar-refractivity contribution in [3.63, 3.8) is 0 Å². The van der Waals surface area contributed by atoms with E-state index in [9.17, 15) is 18.4 Å². The zero-order chi connectivity index (χ0) is 21.1. The smallest absolute Gasteiger partial charge is 0.265 e. The molecule has 4 rings (SSSR count). The molecule has 2 heterocycles. The first kappa shape index (κ1) is 20.1. The minimum atomic E-state index is -0.844. The highest BCUT2D eigenvalue weighted by molar-refractivity contribution is 5.95. The van der Waals surface area contributed by atoms with E-state index in [1.54, 1.807) is 17.0 Å². The Labute approximate surface area is 173 Å². The summed E-state index contributed by atoms with van der Waals surface area (Å²) in [6, 6.07) is 10.2. The van der Waals surface area contributed by atoms with Crippen LogP contribution in [0.5, 0.6) is 5.75 Å². The van der Waals surface area contributed by atoms with Crippen LogP contribution in [0.25, 0.3) is 0 Å². The highest BCUT2D eigenvalue weighted by atomic mass is 19.1. The van der Waals surface area contributed by atoms with Gasteiger partial charge in [0.05, 0.1) is 24.5 Å². The zero-order valence-electron chi connectivity index (χ0n) is 16.4. The second-order valence-corrected chi connectivity index (χ2v) is 7.51. The first-order valence-corrected chi connectivity index (χ1v) is 10.1. The number of para-hydroxylation sites is 2. The molecule has 8 heteroatoms. The van der Waals surface area contributed by atoms with Crippen molar-refractivity contribution in [3.05, 3.63) is 54.1 Å². The van der Waals surface area contributed by atoms with Crippen molar-refractivity contribution < 1.29 is 23.1 Å². The number of rotatable bonds is 4. The summed E-state index contributed by atoms with van der Waals surface area (Å²) in [5, 5.41) is 2.46. The Kier molecular flexibility index (Phi) is 5.83. The molecule has 0 unspecified atom stereocenters. The molecule has 0 saturated carbocycles. The van der Waals surface area contributed by atoms with Crippen LogP contribution in [-0.4, -0.2) is 49.0 Å². The molecule has 2 aromatic carbocycles. The summed E-state index contributed by atoms with van der Waals surface area (Å²) in [6.45, 7) is 1.54. The second kappa shape index (κ2) is 8.69. The van der Waals surface area contributed by atoms with Crippen LogP contribution < -0.4 is 15.0 Å². The molecular weight excluding hydrogens is 392 g/mol. The average Bonchev–Trinajstić information content (AvgIpc) is 2.75. The van der Waals surface area contributed by atoms with Gasteiger partial charge in [-0.3, -0.25) is 9.59 Å². The number of carbonyl (C=O) groups excluding carboxylic acids is 2. The van der Waals surface area contributed by atoms with Crippen molar-refractivity contribution in [1.29, 1.82) is 0 Å². The molecule has 0 aromatic heterocycles. The quantitative estimate of drug-likeness (QED) is 0.833. The molecule has 1 fully saturated rings. The average molecular weight is 415 g/mol. The van der Waals surface area contributed by atoms with Gasteiger partial charge in [-0.15, -0.1) is 0 Å². The van der Waals surface area contributed by atoms with E-state index in [1.807, 2.05) is 17.0 Å².